The van der Waals surface area contributed by atoms with Crippen LogP contribution in [0.2, 0.25) is 0 Å². The average molecular weight is 684 g/mol. The first-order chi connectivity index (χ1) is 24.4. The highest BCUT2D eigenvalue weighted by molar-refractivity contribution is 6.42. The Balaban J connectivity index is 1.55. The van der Waals surface area contributed by atoms with Gasteiger partial charge in [-0.2, -0.15) is 10.5 Å². The summed E-state index contributed by atoms with van der Waals surface area (Å²) in [5.41, 5.74) is 25.1. The molecule has 0 saturated heterocycles. The SMILES string of the molecule is CCCC(CC)N1C(=O)c2ccc3c4c(C#N)cc5c6c(ccc(c7c(C#N)cc(c2c37)C1=O)c64)C(=O)N(C(CCC)NC(N)(N)C(N)N)C5=O. The number of nitriles is 2. The van der Waals surface area contributed by atoms with Gasteiger partial charge in [0.25, 0.3) is 23.6 Å². The first-order valence-electron chi connectivity index (χ1n) is 17.1. The Kier molecular flexibility index (Phi) is 8.02. The molecule has 5 aromatic carbocycles. The molecule has 258 valence electrons. The second-order valence-corrected chi connectivity index (χ2v) is 13.5. The largest absolute Gasteiger partial charge is 0.312 e. The van der Waals surface area contributed by atoms with Gasteiger partial charge in [-0.15, -0.1) is 0 Å². The number of imide groups is 2. The van der Waals surface area contributed by atoms with Crippen LogP contribution in [0.5, 0.6) is 0 Å². The number of nitrogens with zero attached hydrogens (tertiary/aromatic N) is 4. The number of hydrogen-bond acceptors (Lipinski definition) is 11. The van der Waals surface area contributed by atoms with Crippen LogP contribution < -0.4 is 28.3 Å². The number of fused-ring (bicyclic) bond motifs is 2. The highest BCUT2D eigenvalue weighted by Gasteiger charge is 2.43. The minimum absolute atomic E-state index is 0.108. The van der Waals surface area contributed by atoms with E-state index in [2.05, 4.69) is 17.5 Å². The van der Waals surface area contributed by atoms with E-state index in [1.807, 2.05) is 20.8 Å². The van der Waals surface area contributed by atoms with Gasteiger partial charge in [0, 0.05) is 49.5 Å². The Hall–Kier alpha value is -5.54. The smallest absolute Gasteiger partial charge is 0.262 e. The van der Waals surface area contributed by atoms with Crippen molar-refractivity contribution >= 4 is 66.7 Å². The van der Waals surface area contributed by atoms with Crippen LogP contribution in [0.15, 0.2) is 36.4 Å². The van der Waals surface area contributed by atoms with Crippen LogP contribution in [-0.4, -0.2) is 57.6 Å². The lowest BCUT2D eigenvalue weighted by atomic mass is 9.79. The third-order valence-electron chi connectivity index (χ3n) is 10.4. The Morgan fingerprint density at radius 3 is 1.55 bits per heavy atom. The summed E-state index contributed by atoms with van der Waals surface area (Å²) in [6.45, 7) is 5.80. The summed E-state index contributed by atoms with van der Waals surface area (Å²) >= 11 is 0. The molecule has 9 N–H and O–H groups in total. The van der Waals surface area contributed by atoms with Crippen molar-refractivity contribution < 1.29 is 19.2 Å². The van der Waals surface area contributed by atoms with Gasteiger partial charge >= 0.3 is 0 Å². The van der Waals surface area contributed by atoms with E-state index in [-0.39, 0.29) is 40.3 Å². The number of nitrogens with one attached hydrogen (secondary N) is 1. The number of amides is 4. The summed E-state index contributed by atoms with van der Waals surface area (Å²) in [4.78, 5) is 59.3. The Labute approximate surface area is 293 Å². The number of rotatable bonds is 10. The molecule has 0 spiro atoms. The van der Waals surface area contributed by atoms with Gasteiger partial charge in [-0.3, -0.25) is 45.8 Å². The van der Waals surface area contributed by atoms with E-state index in [0.29, 0.717) is 67.9 Å². The fourth-order valence-electron chi connectivity index (χ4n) is 8.07. The zero-order valence-electron chi connectivity index (χ0n) is 28.5. The lowest BCUT2D eigenvalue weighted by Gasteiger charge is -2.40. The Morgan fingerprint density at radius 1 is 0.667 bits per heavy atom. The standard InChI is InChI=1S/C38H37N9O4/c1-4-7-19(6-3)46-33(48)22-11-9-20-28-18(16-40)14-25-30-23(34(49)47(36(25)51)26(8-5-2)45-38(43,44)37(41)42)12-10-21(32(28)30)27-17(15-39)13-24(35(46)50)29(22)31(20)27/h9-14,19,26,37,45H,4-8,41-44H2,1-3H3. The third kappa shape index (κ3) is 4.64. The van der Waals surface area contributed by atoms with Crippen LogP contribution in [0, 0.1) is 22.7 Å². The topological polar surface area (TPSA) is 238 Å². The van der Waals surface area contributed by atoms with E-state index in [1.165, 1.54) is 17.0 Å². The van der Waals surface area contributed by atoms with Crippen LogP contribution in [0.3, 0.4) is 0 Å². The van der Waals surface area contributed by atoms with Gasteiger partial charge in [0.1, 0.15) is 5.79 Å². The molecule has 13 nitrogen and oxygen atoms in total. The number of carbonyl (C=O) groups excluding carboxylic acids is 4. The van der Waals surface area contributed by atoms with E-state index < -0.39 is 41.7 Å². The molecule has 0 bridgehead atoms. The molecule has 0 aliphatic carbocycles. The molecular weight excluding hydrogens is 646 g/mol. The monoisotopic (exact) mass is 683 g/mol. The van der Waals surface area contributed by atoms with Crippen molar-refractivity contribution in [3.8, 4) is 12.1 Å². The van der Waals surface area contributed by atoms with Gasteiger partial charge in [-0.1, -0.05) is 45.7 Å². The second-order valence-electron chi connectivity index (χ2n) is 13.5. The van der Waals surface area contributed by atoms with E-state index in [4.69, 9.17) is 22.9 Å². The molecule has 2 aliphatic heterocycles. The summed E-state index contributed by atoms with van der Waals surface area (Å²) in [5.74, 6) is -4.00. The predicted octanol–water partition coefficient (Wildman–Crippen LogP) is 3.78. The molecule has 0 fully saturated rings. The van der Waals surface area contributed by atoms with Crippen molar-refractivity contribution in [2.24, 2.45) is 22.9 Å². The van der Waals surface area contributed by atoms with Gasteiger partial charge in [0.15, 0.2) is 0 Å². The Bertz CT molecular complexity index is 2460. The zero-order valence-corrected chi connectivity index (χ0v) is 28.5. The first-order valence-corrected chi connectivity index (χ1v) is 17.1. The van der Waals surface area contributed by atoms with E-state index in [1.54, 1.807) is 24.3 Å². The van der Waals surface area contributed by atoms with Gasteiger partial charge in [-0.05, 0) is 54.3 Å². The van der Waals surface area contributed by atoms with E-state index in [0.717, 1.165) is 11.3 Å². The predicted molar refractivity (Wildman–Crippen MR) is 192 cm³/mol. The van der Waals surface area contributed by atoms with Gasteiger partial charge in [0.05, 0.1) is 46.7 Å². The van der Waals surface area contributed by atoms with Crippen LogP contribution in [0.1, 0.15) is 105 Å². The zero-order chi connectivity index (χ0) is 36.7. The number of carbonyl (C=O) groups is 4. The molecule has 0 aromatic heterocycles. The number of hydrogen-bond donors (Lipinski definition) is 5. The fraction of sp³-hybridized carbons (Fsp3) is 0.316. The van der Waals surface area contributed by atoms with Gasteiger partial charge in [0.2, 0.25) is 0 Å². The molecular formula is C38H37N9O4. The summed E-state index contributed by atoms with van der Waals surface area (Å²) in [5, 5.41) is 27.7. The van der Waals surface area contributed by atoms with Crippen LogP contribution >= 0.6 is 0 Å². The normalized spacial score (nSPS) is 15.9. The fourth-order valence-corrected chi connectivity index (χ4v) is 8.07. The van der Waals surface area contributed by atoms with Crippen LogP contribution in [0.25, 0.3) is 43.1 Å². The Morgan fingerprint density at radius 2 is 1.12 bits per heavy atom. The van der Waals surface area contributed by atoms with Crippen LogP contribution in [-0.2, 0) is 0 Å². The minimum atomic E-state index is -1.83. The summed E-state index contributed by atoms with van der Waals surface area (Å²) in [6.07, 6.45) is 0.606. The third-order valence-corrected chi connectivity index (χ3v) is 10.4. The molecule has 4 amide bonds. The quantitative estimate of drug-likeness (QED) is 0.0614. The van der Waals surface area contributed by atoms with Crippen molar-refractivity contribution in [1.29, 1.82) is 10.5 Å². The summed E-state index contributed by atoms with van der Waals surface area (Å²) < 4.78 is 0. The van der Waals surface area contributed by atoms with Gasteiger partial charge < -0.3 is 11.5 Å². The van der Waals surface area contributed by atoms with E-state index >= 15 is 0 Å². The molecule has 2 heterocycles. The average Bonchev–Trinajstić information content (AvgIpc) is 3.11. The molecule has 0 saturated carbocycles. The second kappa shape index (κ2) is 12.1. The minimum Gasteiger partial charge on any atom is -0.312 e. The molecule has 2 unspecified atom stereocenters. The molecule has 7 rings (SSSR count). The first kappa shape index (κ1) is 33.9. The molecule has 0 radical (unpaired) electrons. The summed E-state index contributed by atoms with van der Waals surface area (Å²) in [6, 6.07) is 13.9. The van der Waals surface area contributed by atoms with Crippen LogP contribution in [0.4, 0.5) is 0 Å². The lowest BCUT2D eigenvalue weighted by Crippen LogP contribution is -2.77. The lowest BCUT2D eigenvalue weighted by molar-refractivity contribution is 0.0438. The molecule has 2 atom stereocenters. The van der Waals surface area contributed by atoms with Crippen molar-refractivity contribution in [2.45, 2.75) is 77.0 Å². The highest BCUT2D eigenvalue weighted by atomic mass is 16.2. The van der Waals surface area contributed by atoms with E-state index in [9.17, 15) is 29.7 Å². The molecule has 51 heavy (non-hydrogen) atoms. The van der Waals surface area contributed by atoms with Crippen molar-refractivity contribution in [3.63, 3.8) is 0 Å². The molecule has 2 aliphatic rings. The van der Waals surface area contributed by atoms with Gasteiger partial charge in [-0.25, -0.2) is 0 Å². The van der Waals surface area contributed by atoms with Crippen molar-refractivity contribution in [3.05, 3.63) is 69.8 Å². The number of benzene rings is 5. The molecule has 5 aromatic rings. The maximum atomic E-state index is 14.4. The summed E-state index contributed by atoms with van der Waals surface area (Å²) in [7, 11) is 0. The maximum Gasteiger partial charge on any atom is 0.262 e. The van der Waals surface area contributed by atoms with Crippen molar-refractivity contribution in [2.75, 3.05) is 0 Å². The maximum absolute atomic E-state index is 14.4. The highest BCUT2D eigenvalue weighted by Crippen LogP contribution is 2.49. The van der Waals surface area contributed by atoms with Crippen molar-refractivity contribution in [1.82, 2.24) is 15.1 Å². The number of nitrogens with two attached hydrogens (primary N) is 4. The molecule has 13 heteroatoms.